The summed E-state index contributed by atoms with van der Waals surface area (Å²) >= 11 is 0. The molecule has 0 bridgehead atoms. The number of aliphatic hydroxyl groups is 2. The molecule has 3 N–H and O–H groups in total. The van der Waals surface area contributed by atoms with Crippen LogP contribution in [0.5, 0.6) is 17.2 Å². The number of sulfonamides is 1. The quantitative estimate of drug-likeness (QED) is 0.0578. The Morgan fingerprint density at radius 2 is 1.70 bits per heavy atom. The van der Waals surface area contributed by atoms with E-state index in [9.17, 15) is 15.0 Å². The van der Waals surface area contributed by atoms with Gasteiger partial charge in [0.1, 0.15) is 24.4 Å². The number of carbonyl (C=O) groups excluding carboxylic acids is 1. The molecular formula is C47H61N3O9S. The predicted octanol–water partition coefficient (Wildman–Crippen LogP) is 8.42. The molecule has 0 radical (unpaired) electrons. The molecule has 3 aliphatic rings. The topological polar surface area (TPSA) is 156 Å². The third-order valence-corrected chi connectivity index (χ3v) is 14.1. The molecule has 13 heteroatoms. The van der Waals surface area contributed by atoms with Gasteiger partial charge >= 0.3 is 0 Å². The van der Waals surface area contributed by atoms with Crippen LogP contribution in [0.2, 0.25) is 0 Å². The SMILES string of the molecule is C=CCO[C@@]12Oc3ccc(Oc4ccc(C)c(C)c4)cc3[C@H]3[C@H](CCCCO)[C@@H](CCCCO)C=C(C(=NOC)C[C@@H]1N(CCC)S(=O)(=O)c1ccc(NC(C)=O)cc1)[C@H]32. The van der Waals surface area contributed by atoms with Crippen molar-refractivity contribution >= 4 is 27.3 Å². The minimum Gasteiger partial charge on any atom is -0.460 e. The number of benzene rings is 3. The van der Waals surface area contributed by atoms with Crippen LogP contribution in [-0.2, 0) is 24.4 Å². The van der Waals surface area contributed by atoms with E-state index in [1.165, 1.54) is 30.5 Å². The molecule has 1 amide bonds. The minimum absolute atomic E-state index is 0.00955. The Morgan fingerprint density at radius 3 is 2.35 bits per heavy atom. The van der Waals surface area contributed by atoms with E-state index in [1.807, 2.05) is 43.3 Å². The van der Waals surface area contributed by atoms with Gasteiger partial charge in [-0.3, -0.25) is 4.79 Å². The number of anilines is 1. The van der Waals surface area contributed by atoms with E-state index >= 15 is 8.42 Å². The first-order valence-electron chi connectivity index (χ1n) is 21.2. The number of hydrogen-bond acceptors (Lipinski definition) is 10. The van der Waals surface area contributed by atoms with E-state index in [0.717, 1.165) is 47.9 Å². The Labute approximate surface area is 355 Å². The van der Waals surface area contributed by atoms with Gasteiger partial charge in [-0.25, -0.2) is 8.42 Å². The summed E-state index contributed by atoms with van der Waals surface area (Å²) in [5, 5.41) is 27.1. The second-order valence-corrected chi connectivity index (χ2v) is 18.0. The lowest BCUT2D eigenvalue weighted by Gasteiger charge is -2.59. The van der Waals surface area contributed by atoms with Crippen molar-refractivity contribution in [1.82, 2.24) is 4.31 Å². The Hall–Kier alpha value is -4.53. The number of rotatable bonds is 20. The molecule has 1 fully saturated rings. The number of allylic oxidation sites excluding steroid dienone is 1. The number of nitrogens with one attached hydrogen (secondary N) is 1. The summed E-state index contributed by atoms with van der Waals surface area (Å²) in [4.78, 5) is 17.4. The van der Waals surface area contributed by atoms with Gasteiger partial charge in [-0.05, 0) is 129 Å². The summed E-state index contributed by atoms with van der Waals surface area (Å²) in [5.41, 5.74) is 5.18. The summed E-state index contributed by atoms with van der Waals surface area (Å²) in [6.07, 6.45) is 9.00. The van der Waals surface area contributed by atoms with Crippen molar-refractivity contribution in [3.05, 3.63) is 102 Å². The standard InChI is InChI=1S/C47H61N3O9S/c1-7-23-50(60(54,55)38-20-16-35(17-21-38)48-33(5)53)44-30-42(49-56-6)40-28-34(13-9-11-24-51)39(14-10-12-25-52)45-41-29-37(58-36-18-15-31(3)32(4)27-36)19-22-43(41)59-47(44,46(40)45)57-26-8-2/h8,15-22,27-29,34,39,44-46,51-52H,2,7,9-14,23-26,30H2,1,3-6H3,(H,48,53)/t34-,39+,44-,45+,46+,47+/m0/s1. The zero-order chi connectivity index (χ0) is 43.0. The van der Waals surface area contributed by atoms with E-state index in [2.05, 4.69) is 37.0 Å². The fraction of sp³-hybridized carbons (Fsp3) is 0.489. The lowest BCUT2D eigenvalue weighted by atomic mass is 9.55. The largest absolute Gasteiger partial charge is 0.460 e. The highest BCUT2D eigenvalue weighted by Gasteiger charge is 2.66. The molecule has 1 saturated carbocycles. The van der Waals surface area contributed by atoms with Crippen molar-refractivity contribution < 1.29 is 42.5 Å². The number of fused-ring (bicyclic) bond motifs is 2. The zero-order valence-corrected chi connectivity index (χ0v) is 36.4. The Bertz CT molecular complexity index is 2150. The van der Waals surface area contributed by atoms with Gasteiger partial charge in [0.15, 0.2) is 0 Å². The first-order valence-corrected chi connectivity index (χ1v) is 22.6. The number of ether oxygens (including phenoxy) is 3. The fourth-order valence-corrected chi connectivity index (χ4v) is 11.2. The highest BCUT2D eigenvalue weighted by Crippen LogP contribution is 2.62. The fourth-order valence-electron chi connectivity index (χ4n) is 9.42. The highest BCUT2D eigenvalue weighted by atomic mass is 32.2. The summed E-state index contributed by atoms with van der Waals surface area (Å²) in [6.45, 7) is 11.8. The van der Waals surface area contributed by atoms with Gasteiger partial charge in [-0.2, -0.15) is 4.31 Å². The van der Waals surface area contributed by atoms with Crippen molar-refractivity contribution in [2.75, 3.05) is 38.8 Å². The summed E-state index contributed by atoms with van der Waals surface area (Å²) < 4.78 is 52.4. The van der Waals surface area contributed by atoms with Crippen molar-refractivity contribution in [2.24, 2.45) is 22.9 Å². The summed E-state index contributed by atoms with van der Waals surface area (Å²) in [6, 6.07) is 17.1. The maximum atomic E-state index is 15.1. The van der Waals surface area contributed by atoms with Crippen LogP contribution >= 0.6 is 0 Å². The van der Waals surface area contributed by atoms with Crippen molar-refractivity contribution in [3.8, 4) is 17.2 Å². The molecule has 12 nitrogen and oxygen atoms in total. The van der Waals surface area contributed by atoms with Gasteiger partial charge in [0.2, 0.25) is 21.7 Å². The van der Waals surface area contributed by atoms with Crippen LogP contribution in [0, 0.1) is 31.6 Å². The number of nitrogens with zero attached hydrogens (tertiary/aromatic N) is 2. The van der Waals surface area contributed by atoms with Crippen LogP contribution in [0.15, 0.2) is 95.0 Å². The smallest absolute Gasteiger partial charge is 0.243 e. The molecule has 3 aromatic carbocycles. The molecule has 0 saturated heterocycles. The number of aliphatic hydroxyl groups excluding tert-OH is 2. The first-order chi connectivity index (χ1) is 28.9. The van der Waals surface area contributed by atoms with Crippen LogP contribution in [-0.4, -0.2) is 79.9 Å². The Balaban J connectivity index is 1.59. The Kier molecular flexibility index (Phi) is 14.9. The van der Waals surface area contributed by atoms with E-state index in [0.29, 0.717) is 47.9 Å². The number of hydrogen-bond donors (Lipinski definition) is 3. The van der Waals surface area contributed by atoms with Crippen molar-refractivity contribution in [3.63, 3.8) is 0 Å². The van der Waals surface area contributed by atoms with E-state index in [1.54, 1.807) is 18.2 Å². The Morgan fingerprint density at radius 1 is 1.00 bits per heavy atom. The van der Waals surface area contributed by atoms with Crippen LogP contribution in [0.1, 0.15) is 87.8 Å². The molecule has 6 rings (SSSR count). The van der Waals surface area contributed by atoms with Crippen LogP contribution in [0.25, 0.3) is 0 Å². The van der Waals surface area contributed by atoms with E-state index < -0.39 is 27.8 Å². The van der Waals surface area contributed by atoms with Gasteiger partial charge in [0.25, 0.3) is 0 Å². The monoisotopic (exact) mass is 843 g/mol. The maximum Gasteiger partial charge on any atom is 0.243 e. The first kappa shape index (κ1) is 45.0. The van der Waals surface area contributed by atoms with Crippen LogP contribution in [0.4, 0.5) is 5.69 Å². The molecule has 0 spiro atoms. The average Bonchev–Trinajstić information content (AvgIpc) is 3.22. The normalized spacial score (nSPS) is 23.9. The molecule has 0 aromatic heterocycles. The number of oxime groups is 1. The van der Waals surface area contributed by atoms with Crippen LogP contribution in [0.3, 0.4) is 0 Å². The third kappa shape index (κ3) is 9.35. The molecule has 60 heavy (non-hydrogen) atoms. The average molecular weight is 844 g/mol. The molecule has 1 heterocycles. The van der Waals surface area contributed by atoms with Gasteiger partial charge in [0, 0.05) is 50.3 Å². The molecule has 6 atom stereocenters. The zero-order valence-electron chi connectivity index (χ0n) is 35.6. The molecule has 2 aliphatic carbocycles. The number of carbonyl (C=O) groups is 1. The highest BCUT2D eigenvalue weighted by molar-refractivity contribution is 7.89. The molecule has 3 aromatic rings. The maximum absolute atomic E-state index is 15.1. The minimum atomic E-state index is -4.22. The molecule has 0 unspecified atom stereocenters. The second kappa shape index (κ2) is 19.9. The van der Waals surface area contributed by atoms with Gasteiger partial charge in [-0.15, -0.1) is 6.58 Å². The summed E-state index contributed by atoms with van der Waals surface area (Å²) in [7, 11) is -2.72. The number of unbranched alkanes of at least 4 members (excludes halogenated alkanes) is 2. The van der Waals surface area contributed by atoms with Gasteiger partial charge in [-0.1, -0.05) is 43.1 Å². The molecular weight excluding hydrogens is 783 g/mol. The number of aryl methyl sites for hydroxylation is 2. The van der Waals surface area contributed by atoms with E-state index in [4.69, 9.17) is 19.0 Å². The van der Waals surface area contributed by atoms with Crippen LogP contribution < -0.4 is 14.8 Å². The predicted molar refractivity (Wildman–Crippen MR) is 233 cm³/mol. The molecule has 1 aliphatic heterocycles. The van der Waals surface area contributed by atoms with Crippen molar-refractivity contribution in [1.29, 1.82) is 0 Å². The lowest BCUT2D eigenvalue weighted by Crippen LogP contribution is -2.70. The second-order valence-electron chi connectivity index (χ2n) is 16.1. The lowest BCUT2D eigenvalue weighted by molar-refractivity contribution is -0.251. The van der Waals surface area contributed by atoms with E-state index in [-0.39, 0.29) is 61.3 Å². The van der Waals surface area contributed by atoms with Crippen molar-refractivity contribution in [2.45, 2.75) is 102 Å². The number of amides is 1. The van der Waals surface area contributed by atoms with Gasteiger partial charge < -0.3 is 34.6 Å². The van der Waals surface area contributed by atoms with Gasteiger partial charge in [0.05, 0.1) is 29.2 Å². The third-order valence-electron chi connectivity index (χ3n) is 12.1. The summed E-state index contributed by atoms with van der Waals surface area (Å²) in [5.74, 6) is -0.662. The molecule has 324 valence electrons.